The molecule has 2 heteroatoms. The summed E-state index contributed by atoms with van der Waals surface area (Å²) in [6, 6.07) is 4.53. The van der Waals surface area contributed by atoms with Crippen molar-refractivity contribution in [2.75, 3.05) is 13.1 Å². The average molecular weight is 250 g/mol. The maximum Gasteiger partial charge on any atom is 0.0441 e. The standard InChI is InChI=1S/C15H20ClN/c1-2-12-7-13-5-6-17(9-11-3-4-11)10-14(13)8-15(12)16/h7-8,11H,2-6,9-10H2,1H3. The lowest BCUT2D eigenvalue weighted by molar-refractivity contribution is 0.244. The zero-order valence-corrected chi connectivity index (χ0v) is 11.3. The molecule has 0 aromatic heterocycles. The van der Waals surface area contributed by atoms with E-state index in [0.29, 0.717) is 0 Å². The van der Waals surface area contributed by atoms with Crippen molar-refractivity contribution in [2.45, 2.75) is 39.2 Å². The second-order valence-corrected chi connectivity index (χ2v) is 5.90. The van der Waals surface area contributed by atoms with E-state index in [9.17, 15) is 0 Å². The molecule has 1 heterocycles. The number of aryl methyl sites for hydroxylation is 1. The first-order valence-corrected chi connectivity index (χ1v) is 7.16. The molecule has 0 unspecified atom stereocenters. The van der Waals surface area contributed by atoms with Gasteiger partial charge in [0, 0.05) is 24.7 Å². The van der Waals surface area contributed by atoms with Gasteiger partial charge in [-0.2, -0.15) is 0 Å². The fourth-order valence-electron chi connectivity index (χ4n) is 2.78. The van der Waals surface area contributed by atoms with E-state index in [1.807, 2.05) is 0 Å². The van der Waals surface area contributed by atoms with Crippen molar-refractivity contribution in [1.29, 1.82) is 0 Å². The van der Waals surface area contributed by atoms with Crippen LogP contribution in [-0.2, 0) is 19.4 Å². The number of benzene rings is 1. The lowest BCUT2D eigenvalue weighted by Gasteiger charge is -2.29. The van der Waals surface area contributed by atoms with Gasteiger partial charge < -0.3 is 0 Å². The predicted octanol–water partition coefficient (Wildman–Crippen LogP) is 3.67. The fourth-order valence-corrected chi connectivity index (χ4v) is 3.10. The van der Waals surface area contributed by atoms with Gasteiger partial charge in [-0.1, -0.05) is 24.6 Å². The molecular formula is C15H20ClN. The molecule has 1 aromatic carbocycles. The predicted molar refractivity (Wildman–Crippen MR) is 72.5 cm³/mol. The quantitative estimate of drug-likeness (QED) is 0.790. The van der Waals surface area contributed by atoms with Gasteiger partial charge in [-0.15, -0.1) is 0 Å². The van der Waals surface area contributed by atoms with Crippen molar-refractivity contribution in [3.8, 4) is 0 Å². The molecule has 17 heavy (non-hydrogen) atoms. The van der Waals surface area contributed by atoms with Crippen LogP contribution in [0.1, 0.15) is 36.5 Å². The first-order chi connectivity index (χ1) is 8.26. The van der Waals surface area contributed by atoms with Gasteiger partial charge in [0.05, 0.1) is 0 Å². The summed E-state index contributed by atoms with van der Waals surface area (Å²) in [6.07, 6.45) is 5.13. The second-order valence-electron chi connectivity index (χ2n) is 5.49. The average Bonchev–Trinajstić information content (AvgIpc) is 3.12. The van der Waals surface area contributed by atoms with Crippen LogP contribution in [0.2, 0.25) is 5.02 Å². The molecule has 1 aliphatic carbocycles. The molecule has 1 fully saturated rings. The van der Waals surface area contributed by atoms with Crippen LogP contribution >= 0.6 is 11.6 Å². The molecule has 3 rings (SSSR count). The Morgan fingerprint density at radius 3 is 2.82 bits per heavy atom. The highest BCUT2D eigenvalue weighted by Crippen LogP contribution is 2.32. The topological polar surface area (TPSA) is 3.24 Å². The zero-order chi connectivity index (χ0) is 11.8. The van der Waals surface area contributed by atoms with Crippen LogP contribution < -0.4 is 0 Å². The van der Waals surface area contributed by atoms with Crippen LogP contribution in [0.15, 0.2) is 12.1 Å². The van der Waals surface area contributed by atoms with Gasteiger partial charge in [0.25, 0.3) is 0 Å². The van der Waals surface area contributed by atoms with Crippen LogP contribution in [-0.4, -0.2) is 18.0 Å². The summed E-state index contributed by atoms with van der Waals surface area (Å²) in [6.45, 7) is 5.81. The molecule has 0 spiro atoms. The van der Waals surface area contributed by atoms with Crippen molar-refractivity contribution < 1.29 is 0 Å². The van der Waals surface area contributed by atoms with Gasteiger partial charge in [-0.3, -0.25) is 4.90 Å². The Morgan fingerprint density at radius 1 is 1.29 bits per heavy atom. The summed E-state index contributed by atoms with van der Waals surface area (Å²) in [7, 11) is 0. The normalized spacial score (nSPS) is 20.4. The van der Waals surface area contributed by atoms with Gasteiger partial charge in [-0.05, 0) is 54.4 Å². The third-order valence-corrected chi connectivity index (χ3v) is 4.41. The minimum Gasteiger partial charge on any atom is -0.298 e. The highest BCUT2D eigenvalue weighted by molar-refractivity contribution is 6.31. The van der Waals surface area contributed by atoms with Crippen molar-refractivity contribution in [3.63, 3.8) is 0 Å². The van der Waals surface area contributed by atoms with Crippen LogP contribution in [0.4, 0.5) is 0 Å². The molecule has 1 aliphatic heterocycles. The lowest BCUT2D eigenvalue weighted by Crippen LogP contribution is -2.32. The van der Waals surface area contributed by atoms with E-state index in [2.05, 4.69) is 24.0 Å². The van der Waals surface area contributed by atoms with E-state index >= 15 is 0 Å². The number of hydrogen-bond acceptors (Lipinski definition) is 1. The molecule has 1 nitrogen and oxygen atoms in total. The molecule has 0 N–H and O–H groups in total. The Morgan fingerprint density at radius 2 is 2.12 bits per heavy atom. The minimum atomic E-state index is 0.958. The molecule has 0 amide bonds. The molecule has 2 aliphatic rings. The number of halogens is 1. The van der Waals surface area contributed by atoms with Crippen LogP contribution in [0, 0.1) is 5.92 Å². The van der Waals surface area contributed by atoms with E-state index in [-0.39, 0.29) is 0 Å². The summed E-state index contributed by atoms with van der Waals surface area (Å²) in [4.78, 5) is 2.60. The first-order valence-electron chi connectivity index (χ1n) is 6.78. The summed E-state index contributed by atoms with van der Waals surface area (Å²) < 4.78 is 0. The molecule has 0 atom stereocenters. The molecule has 1 saturated carbocycles. The van der Waals surface area contributed by atoms with Crippen molar-refractivity contribution in [1.82, 2.24) is 4.90 Å². The summed E-state index contributed by atoms with van der Waals surface area (Å²) in [5.74, 6) is 0.988. The third kappa shape index (κ3) is 2.51. The SMILES string of the molecule is CCc1cc2c(cc1Cl)CN(CC1CC1)CC2. The van der Waals surface area contributed by atoms with Crippen molar-refractivity contribution in [2.24, 2.45) is 5.92 Å². The first kappa shape index (κ1) is 11.6. The third-order valence-electron chi connectivity index (χ3n) is 4.05. The van der Waals surface area contributed by atoms with Crippen LogP contribution in [0.25, 0.3) is 0 Å². The monoisotopic (exact) mass is 249 g/mol. The molecule has 0 bridgehead atoms. The number of fused-ring (bicyclic) bond motifs is 1. The molecule has 0 radical (unpaired) electrons. The van der Waals surface area contributed by atoms with E-state index < -0.39 is 0 Å². The maximum atomic E-state index is 6.31. The van der Waals surface area contributed by atoms with E-state index in [4.69, 9.17) is 11.6 Å². The highest BCUT2D eigenvalue weighted by Gasteiger charge is 2.26. The van der Waals surface area contributed by atoms with Gasteiger partial charge in [0.15, 0.2) is 0 Å². The largest absolute Gasteiger partial charge is 0.298 e. The van der Waals surface area contributed by atoms with E-state index in [1.165, 1.54) is 49.0 Å². The zero-order valence-electron chi connectivity index (χ0n) is 10.5. The molecule has 92 valence electrons. The Bertz CT molecular complexity index is 423. The van der Waals surface area contributed by atoms with Gasteiger partial charge in [0.2, 0.25) is 0 Å². The van der Waals surface area contributed by atoms with E-state index in [1.54, 1.807) is 0 Å². The minimum absolute atomic E-state index is 0.958. The maximum absolute atomic E-state index is 6.31. The van der Waals surface area contributed by atoms with Gasteiger partial charge >= 0.3 is 0 Å². The van der Waals surface area contributed by atoms with Crippen molar-refractivity contribution >= 4 is 11.6 Å². The van der Waals surface area contributed by atoms with Crippen LogP contribution in [0.3, 0.4) is 0 Å². The Labute approximate surface area is 109 Å². The Hall–Kier alpha value is -0.530. The summed E-state index contributed by atoms with van der Waals surface area (Å²) in [5, 5.41) is 0.958. The van der Waals surface area contributed by atoms with Crippen LogP contribution in [0.5, 0.6) is 0 Å². The number of hydrogen-bond donors (Lipinski definition) is 0. The summed E-state index contributed by atoms with van der Waals surface area (Å²) >= 11 is 6.31. The number of rotatable bonds is 3. The van der Waals surface area contributed by atoms with Crippen molar-refractivity contribution in [3.05, 3.63) is 33.8 Å². The second kappa shape index (κ2) is 4.62. The lowest BCUT2D eigenvalue weighted by atomic mass is 9.96. The molecule has 0 saturated heterocycles. The highest BCUT2D eigenvalue weighted by atomic mass is 35.5. The van der Waals surface area contributed by atoms with E-state index in [0.717, 1.165) is 23.9 Å². The Balaban J connectivity index is 1.79. The Kier molecular flexibility index (Phi) is 3.14. The van der Waals surface area contributed by atoms with Gasteiger partial charge in [-0.25, -0.2) is 0 Å². The smallest absolute Gasteiger partial charge is 0.0441 e. The molecule has 1 aromatic rings. The van der Waals surface area contributed by atoms with Gasteiger partial charge in [0.1, 0.15) is 0 Å². The fraction of sp³-hybridized carbons (Fsp3) is 0.600. The molecular weight excluding hydrogens is 230 g/mol. The summed E-state index contributed by atoms with van der Waals surface area (Å²) in [5.41, 5.74) is 4.29. The number of nitrogens with zero attached hydrogens (tertiary/aromatic N) is 1.